The van der Waals surface area contributed by atoms with Gasteiger partial charge in [-0.1, -0.05) is 0 Å². The number of primary amides is 1. The zero-order valence-electron chi connectivity index (χ0n) is 10.0. The zero-order valence-corrected chi connectivity index (χ0v) is 10.0. The second-order valence-corrected chi connectivity index (χ2v) is 4.58. The van der Waals surface area contributed by atoms with Gasteiger partial charge >= 0.3 is 6.18 Å². The maximum Gasteiger partial charge on any atom is 0.417 e. The molecule has 7 heteroatoms. The minimum atomic E-state index is -4.41. The molecule has 1 rings (SSSR count). The van der Waals surface area contributed by atoms with E-state index in [0.717, 1.165) is 12.3 Å². The van der Waals surface area contributed by atoms with Crippen molar-refractivity contribution in [1.29, 1.82) is 0 Å². The molecule has 0 bridgehead atoms. The van der Waals surface area contributed by atoms with Crippen molar-refractivity contribution in [1.82, 2.24) is 4.98 Å². The lowest BCUT2D eigenvalue weighted by atomic mass is 10.0. The van der Waals surface area contributed by atoms with Gasteiger partial charge in [-0.15, -0.1) is 0 Å². The third-order valence-corrected chi connectivity index (χ3v) is 2.17. The lowest BCUT2D eigenvalue weighted by Gasteiger charge is -2.25. The van der Waals surface area contributed by atoms with E-state index in [1.807, 2.05) is 0 Å². The summed E-state index contributed by atoms with van der Waals surface area (Å²) in [5.41, 5.74) is 3.58. The Hall–Kier alpha value is -1.79. The molecule has 18 heavy (non-hydrogen) atoms. The maximum atomic E-state index is 12.3. The molecule has 0 atom stereocenters. The second kappa shape index (κ2) is 4.83. The Morgan fingerprint density at radius 1 is 1.39 bits per heavy atom. The first-order chi connectivity index (χ1) is 8.10. The summed E-state index contributed by atoms with van der Waals surface area (Å²) in [5.74, 6) is -0.242. The van der Waals surface area contributed by atoms with Gasteiger partial charge in [-0.2, -0.15) is 13.2 Å². The highest BCUT2D eigenvalue weighted by Gasteiger charge is 2.31. The fraction of sp³-hybridized carbons (Fsp3) is 0.455. The number of nitrogens with two attached hydrogens (primary N) is 1. The Balaban J connectivity index is 2.78. The first-order valence-corrected chi connectivity index (χ1v) is 5.20. The van der Waals surface area contributed by atoms with E-state index in [2.05, 4.69) is 10.3 Å². The fourth-order valence-electron chi connectivity index (χ4n) is 1.46. The SMILES string of the molecule is CC(C)(CC(N)=O)Nc1ccc(C(F)(F)F)cn1. The van der Waals surface area contributed by atoms with Crippen molar-refractivity contribution in [2.75, 3.05) is 5.32 Å². The molecule has 1 heterocycles. The maximum absolute atomic E-state index is 12.3. The minimum absolute atomic E-state index is 0.0513. The van der Waals surface area contributed by atoms with Crippen molar-refractivity contribution in [3.63, 3.8) is 0 Å². The number of nitrogens with one attached hydrogen (secondary N) is 1. The van der Waals surface area contributed by atoms with Crippen LogP contribution in [0.3, 0.4) is 0 Å². The number of aromatic nitrogens is 1. The van der Waals surface area contributed by atoms with Crippen molar-refractivity contribution in [3.8, 4) is 0 Å². The van der Waals surface area contributed by atoms with Crippen molar-refractivity contribution in [3.05, 3.63) is 23.9 Å². The normalized spacial score (nSPS) is 12.3. The molecule has 0 aliphatic rings. The molecule has 4 nitrogen and oxygen atoms in total. The van der Waals surface area contributed by atoms with Crippen molar-refractivity contribution < 1.29 is 18.0 Å². The van der Waals surface area contributed by atoms with E-state index < -0.39 is 23.2 Å². The molecule has 0 fully saturated rings. The predicted octanol–water partition coefficient (Wildman–Crippen LogP) is 2.17. The molecule has 100 valence electrons. The summed E-state index contributed by atoms with van der Waals surface area (Å²) in [6, 6.07) is 2.14. The van der Waals surface area contributed by atoms with E-state index in [0.29, 0.717) is 0 Å². The van der Waals surface area contributed by atoms with Crippen LogP contribution in [0.5, 0.6) is 0 Å². The smallest absolute Gasteiger partial charge is 0.370 e. The monoisotopic (exact) mass is 261 g/mol. The van der Waals surface area contributed by atoms with Crippen molar-refractivity contribution >= 4 is 11.7 Å². The van der Waals surface area contributed by atoms with E-state index in [1.165, 1.54) is 6.07 Å². The van der Waals surface area contributed by atoms with Crippen molar-refractivity contribution in [2.45, 2.75) is 32.0 Å². The number of alkyl halides is 3. The Bertz CT molecular complexity index is 426. The molecule has 0 unspecified atom stereocenters. The molecule has 1 aromatic rings. The number of pyridine rings is 1. The Morgan fingerprint density at radius 2 is 2.00 bits per heavy atom. The number of nitrogens with zero attached hydrogens (tertiary/aromatic N) is 1. The molecular formula is C11H14F3N3O. The molecule has 0 saturated carbocycles. The number of hydrogen-bond acceptors (Lipinski definition) is 3. The summed E-state index contributed by atoms with van der Waals surface area (Å²) in [5, 5.41) is 2.85. The lowest BCUT2D eigenvalue weighted by Crippen LogP contribution is -2.36. The van der Waals surface area contributed by atoms with Gasteiger partial charge in [-0.25, -0.2) is 4.98 Å². The number of anilines is 1. The van der Waals surface area contributed by atoms with Crippen LogP contribution in [0.15, 0.2) is 18.3 Å². The number of carbonyl (C=O) groups is 1. The van der Waals surface area contributed by atoms with Crippen LogP contribution < -0.4 is 11.1 Å². The highest BCUT2D eigenvalue weighted by Crippen LogP contribution is 2.29. The van der Waals surface area contributed by atoms with E-state index in [4.69, 9.17) is 5.73 Å². The van der Waals surface area contributed by atoms with Gasteiger partial charge in [-0.3, -0.25) is 4.79 Å². The van der Waals surface area contributed by atoms with Gasteiger partial charge in [0.05, 0.1) is 5.56 Å². The predicted molar refractivity (Wildman–Crippen MR) is 60.8 cm³/mol. The van der Waals surface area contributed by atoms with Crippen LogP contribution in [-0.4, -0.2) is 16.4 Å². The standard InChI is InChI=1S/C11H14F3N3O/c1-10(2,5-8(15)18)17-9-4-3-7(6-16-9)11(12,13)14/h3-4,6H,5H2,1-2H3,(H2,15,18)(H,16,17). The van der Waals surface area contributed by atoms with Gasteiger partial charge < -0.3 is 11.1 Å². The van der Waals surface area contributed by atoms with Crippen LogP contribution in [0.4, 0.5) is 19.0 Å². The molecule has 1 amide bonds. The number of hydrogen-bond donors (Lipinski definition) is 2. The minimum Gasteiger partial charge on any atom is -0.370 e. The molecular weight excluding hydrogens is 247 g/mol. The van der Waals surface area contributed by atoms with Crippen LogP contribution in [-0.2, 0) is 11.0 Å². The van der Waals surface area contributed by atoms with Crippen LogP contribution in [0.1, 0.15) is 25.8 Å². The third kappa shape index (κ3) is 4.23. The van der Waals surface area contributed by atoms with Crippen LogP contribution in [0.2, 0.25) is 0 Å². The van der Waals surface area contributed by atoms with Gasteiger partial charge in [0.1, 0.15) is 5.82 Å². The van der Waals surface area contributed by atoms with Crippen LogP contribution in [0, 0.1) is 0 Å². The van der Waals surface area contributed by atoms with E-state index in [-0.39, 0.29) is 12.2 Å². The average Bonchev–Trinajstić information content (AvgIpc) is 2.13. The summed E-state index contributed by atoms with van der Waals surface area (Å²) in [7, 11) is 0. The van der Waals surface area contributed by atoms with Gasteiger partial charge in [0.25, 0.3) is 0 Å². The van der Waals surface area contributed by atoms with Gasteiger partial charge in [0, 0.05) is 18.2 Å². The van der Waals surface area contributed by atoms with Gasteiger partial charge in [0.15, 0.2) is 0 Å². The summed E-state index contributed by atoms with van der Waals surface area (Å²) >= 11 is 0. The second-order valence-electron chi connectivity index (χ2n) is 4.58. The average molecular weight is 261 g/mol. The van der Waals surface area contributed by atoms with E-state index in [9.17, 15) is 18.0 Å². The van der Waals surface area contributed by atoms with E-state index in [1.54, 1.807) is 13.8 Å². The molecule has 0 radical (unpaired) electrons. The fourth-order valence-corrected chi connectivity index (χ4v) is 1.46. The highest BCUT2D eigenvalue weighted by atomic mass is 19.4. The summed E-state index contributed by atoms with van der Waals surface area (Å²) in [4.78, 5) is 14.5. The lowest BCUT2D eigenvalue weighted by molar-refractivity contribution is -0.137. The third-order valence-electron chi connectivity index (χ3n) is 2.17. The Morgan fingerprint density at radius 3 is 2.39 bits per heavy atom. The van der Waals surface area contributed by atoms with Crippen LogP contribution in [0.25, 0.3) is 0 Å². The number of halogens is 3. The molecule has 1 aromatic heterocycles. The van der Waals surface area contributed by atoms with Gasteiger partial charge in [-0.05, 0) is 26.0 Å². The molecule has 3 N–H and O–H groups in total. The molecule has 0 aliphatic heterocycles. The number of amides is 1. The summed E-state index contributed by atoms with van der Waals surface area (Å²) in [6.07, 6.45) is -3.62. The molecule has 0 spiro atoms. The quantitative estimate of drug-likeness (QED) is 0.872. The van der Waals surface area contributed by atoms with E-state index >= 15 is 0 Å². The number of carbonyl (C=O) groups excluding carboxylic acids is 1. The molecule has 0 aliphatic carbocycles. The van der Waals surface area contributed by atoms with Crippen molar-refractivity contribution in [2.24, 2.45) is 5.73 Å². The molecule has 0 saturated heterocycles. The first kappa shape index (κ1) is 14.3. The Labute approximate surface area is 102 Å². The summed E-state index contributed by atoms with van der Waals surface area (Å²) in [6.45, 7) is 3.41. The highest BCUT2D eigenvalue weighted by molar-refractivity contribution is 5.75. The summed E-state index contributed by atoms with van der Waals surface area (Å²) < 4.78 is 36.9. The largest absolute Gasteiger partial charge is 0.417 e. The zero-order chi connectivity index (χ0) is 14.0. The Kier molecular flexibility index (Phi) is 3.83. The van der Waals surface area contributed by atoms with Crippen LogP contribution >= 0.6 is 0 Å². The first-order valence-electron chi connectivity index (χ1n) is 5.20. The number of rotatable bonds is 4. The molecule has 0 aromatic carbocycles. The topological polar surface area (TPSA) is 68.0 Å². The van der Waals surface area contributed by atoms with Gasteiger partial charge in [0.2, 0.25) is 5.91 Å².